The van der Waals surface area contributed by atoms with Crippen molar-refractivity contribution in [2.75, 3.05) is 24.3 Å². The Morgan fingerprint density at radius 2 is 1.72 bits per heavy atom. The van der Waals surface area contributed by atoms with Crippen LogP contribution in [0, 0.1) is 0 Å². The van der Waals surface area contributed by atoms with Crippen LogP contribution in [-0.4, -0.2) is 43.2 Å². The van der Waals surface area contributed by atoms with Gasteiger partial charge in [-0.25, -0.2) is 0 Å². The van der Waals surface area contributed by atoms with Crippen LogP contribution in [-0.2, 0) is 4.79 Å². The van der Waals surface area contributed by atoms with Gasteiger partial charge < -0.3 is 14.7 Å². The van der Waals surface area contributed by atoms with Gasteiger partial charge in [-0.3, -0.25) is 4.79 Å². The first-order chi connectivity index (χ1) is 11.3. The molecule has 0 atom stereocenters. The maximum absolute atomic E-state index is 13.4. The molecule has 0 aliphatic rings. The number of alkyl halides is 7. The summed E-state index contributed by atoms with van der Waals surface area (Å²) >= 11 is 0. The Bertz CT molecular complexity index is 799. The number of nitrogens with one attached hydrogen (secondary N) is 1. The second-order valence-corrected chi connectivity index (χ2v) is 5.18. The number of carbonyl (C=O) groups is 1. The highest BCUT2D eigenvalue weighted by Crippen LogP contribution is 2.47. The van der Waals surface area contributed by atoms with Gasteiger partial charge in [-0.2, -0.15) is 30.7 Å². The van der Waals surface area contributed by atoms with Crippen molar-refractivity contribution in [1.82, 2.24) is 5.16 Å². The van der Waals surface area contributed by atoms with E-state index in [1.807, 2.05) is 0 Å². The van der Waals surface area contributed by atoms with E-state index in [1.54, 1.807) is 14.1 Å². The summed E-state index contributed by atoms with van der Waals surface area (Å²) in [5.41, 5.74) is 0.312. The lowest BCUT2D eigenvalue weighted by Crippen LogP contribution is -2.57. The maximum atomic E-state index is 13.4. The number of hydrogen-bond acceptors (Lipinski definition) is 4. The van der Waals surface area contributed by atoms with Crippen molar-refractivity contribution < 1.29 is 40.1 Å². The zero-order valence-electron chi connectivity index (χ0n) is 12.6. The summed E-state index contributed by atoms with van der Waals surface area (Å²) in [4.78, 5) is 12.9. The number of aromatic nitrogens is 1. The molecule has 1 N–H and O–H groups in total. The van der Waals surface area contributed by atoms with Crippen LogP contribution >= 0.6 is 0 Å². The van der Waals surface area contributed by atoms with Crippen LogP contribution in [0.3, 0.4) is 0 Å². The van der Waals surface area contributed by atoms with E-state index in [2.05, 4.69) is 5.16 Å². The Balaban J connectivity index is 2.43. The third-order valence-corrected chi connectivity index (χ3v) is 3.23. The zero-order valence-corrected chi connectivity index (χ0v) is 12.6. The standard InChI is InChI=1S/C13H10F7N3O2/c1-23(2)6-4-3-5-7-8(6)9(22-25-7)21-10(24)11(14,15)12(16,17)13(18,19)20/h3-5H,1-2H3,(H,21,22,24). The van der Waals surface area contributed by atoms with E-state index >= 15 is 0 Å². The molecule has 0 bridgehead atoms. The summed E-state index contributed by atoms with van der Waals surface area (Å²) in [5, 5.41) is 4.49. The molecule has 0 saturated heterocycles. The number of anilines is 2. The molecular weight excluding hydrogens is 363 g/mol. The lowest BCUT2D eigenvalue weighted by atomic mass is 10.1. The molecule has 0 spiro atoms. The van der Waals surface area contributed by atoms with Gasteiger partial charge >= 0.3 is 23.9 Å². The largest absolute Gasteiger partial charge is 0.460 e. The van der Waals surface area contributed by atoms with Crippen LogP contribution in [0.1, 0.15) is 0 Å². The molecule has 2 rings (SSSR count). The van der Waals surface area contributed by atoms with Gasteiger partial charge in [-0.05, 0) is 12.1 Å². The van der Waals surface area contributed by atoms with Crippen molar-refractivity contribution in [3.8, 4) is 0 Å². The van der Waals surface area contributed by atoms with E-state index in [1.165, 1.54) is 28.4 Å². The summed E-state index contributed by atoms with van der Waals surface area (Å²) in [5.74, 6) is -16.2. The first-order valence-electron chi connectivity index (χ1n) is 6.50. The first-order valence-corrected chi connectivity index (χ1v) is 6.50. The number of carbonyl (C=O) groups excluding carboxylic acids is 1. The van der Waals surface area contributed by atoms with Crippen LogP contribution in [0.5, 0.6) is 0 Å². The zero-order chi connectivity index (χ0) is 19.2. The van der Waals surface area contributed by atoms with Gasteiger partial charge in [0.25, 0.3) is 0 Å². The Kier molecular flexibility index (Phi) is 4.34. The van der Waals surface area contributed by atoms with Crippen molar-refractivity contribution in [3.05, 3.63) is 18.2 Å². The molecule has 2 aromatic rings. The fraction of sp³-hybridized carbons (Fsp3) is 0.385. The third kappa shape index (κ3) is 2.96. The number of nitrogens with zero attached hydrogens (tertiary/aromatic N) is 2. The highest BCUT2D eigenvalue weighted by atomic mass is 19.4. The molecule has 0 saturated carbocycles. The van der Waals surface area contributed by atoms with Crippen LogP contribution in [0.4, 0.5) is 42.2 Å². The van der Waals surface area contributed by atoms with Gasteiger partial charge in [0.2, 0.25) is 0 Å². The molecular formula is C13H10F7N3O2. The molecule has 0 radical (unpaired) electrons. The molecule has 0 aliphatic heterocycles. The predicted molar refractivity (Wildman–Crippen MR) is 72.9 cm³/mol. The molecule has 0 aliphatic carbocycles. The van der Waals surface area contributed by atoms with Gasteiger partial charge in [0.05, 0.1) is 11.1 Å². The van der Waals surface area contributed by atoms with Gasteiger partial charge in [0.1, 0.15) is 0 Å². The quantitative estimate of drug-likeness (QED) is 0.831. The van der Waals surface area contributed by atoms with Crippen molar-refractivity contribution in [1.29, 1.82) is 0 Å². The lowest BCUT2D eigenvalue weighted by molar-refractivity contribution is -0.343. The number of halogens is 7. The fourth-order valence-electron chi connectivity index (χ4n) is 1.94. The predicted octanol–water partition coefficient (Wildman–Crippen LogP) is 3.67. The number of hydrogen-bond donors (Lipinski definition) is 1. The summed E-state index contributed by atoms with van der Waals surface area (Å²) in [6, 6.07) is 4.31. The maximum Gasteiger partial charge on any atom is 0.460 e. The van der Waals surface area contributed by atoms with E-state index in [-0.39, 0.29) is 11.0 Å². The van der Waals surface area contributed by atoms with Crippen molar-refractivity contribution in [2.24, 2.45) is 0 Å². The lowest BCUT2D eigenvalue weighted by Gasteiger charge is -2.26. The minimum Gasteiger partial charge on any atom is -0.377 e. The fourth-order valence-corrected chi connectivity index (χ4v) is 1.94. The molecule has 1 aromatic heterocycles. The number of fused-ring (bicyclic) bond motifs is 1. The molecule has 12 heteroatoms. The first kappa shape index (κ1) is 18.8. The molecule has 25 heavy (non-hydrogen) atoms. The number of benzene rings is 1. The molecule has 0 unspecified atom stereocenters. The Morgan fingerprint density at radius 3 is 2.24 bits per heavy atom. The molecule has 5 nitrogen and oxygen atoms in total. The third-order valence-electron chi connectivity index (χ3n) is 3.23. The van der Waals surface area contributed by atoms with E-state index < -0.39 is 29.7 Å². The summed E-state index contributed by atoms with van der Waals surface area (Å²) in [7, 11) is 3.08. The Morgan fingerprint density at radius 1 is 1.12 bits per heavy atom. The van der Waals surface area contributed by atoms with E-state index in [0.29, 0.717) is 5.69 Å². The smallest absolute Gasteiger partial charge is 0.377 e. The number of amides is 1. The minimum absolute atomic E-state index is 0.00685. The molecule has 1 heterocycles. The highest BCUT2D eigenvalue weighted by Gasteiger charge is 2.76. The normalized spacial score (nSPS) is 13.2. The molecule has 1 amide bonds. The van der Waals surface area contributed by atoms with E-state index in [9.17, 15) is 35.5 Å². The van der Waals surface area contributed by atoms with Crippen molar-refractivity contribution in [2.45, 2.75) is 18.0 Å². The molecule has 0 fully saturated rings. The Hall–Kier alpha value is -2.53. The van der Waals surface area contributed by atoms with Gasteiger partial charge in [0, 0.05) is 14.1 Å². The minimum atomic E-state index is -6.62. The van der Waals surface area contributed by atoms with Crippen LogP contribution in [0.25, 0.3) is 11.0 Å². The number of rotatable bonds is 4. The van der Waals surface area contributed by atoms with Gasteiger partial charge in [-0.15, -0.1) is 0 Å². The second-order valence-electron chi connectivity index (χ2n) is 5.18. The van der Waals surface area contributed by atoms with Crippen molar-refractivity contribution >= 4 is 28.4 Å². The van der Waals surface area contributed by atoms with Crippen molar-refractivity contribution in [3.63, 3.8) is 0 Å². The summed E-state index contributed by atoms with van der Waals surface area (Å²) in [6.07, 6.45) is -6.62. The topological polar surface area (TPSA) is 58.4 Å². The second kappa shape index (κ2) is 5.77. The molecule has 138 valence electrons. The van der Waals surface area contributed by atoms with E-state index in [0.717, 1.165) is 0 Å². The molecule has 1 aromatic carbocycles. The van der Waals surface area contributed by atoms with Gasteiger partial charge in [0.15, 0.2) is 11.4 Å². The highest BCUT2D eigenvalue weighted by molar-refractivity contribution is 6.06. The average Bonchev–Trinajstić information content (AvgIpc) is 2.88. The van der Waals surface area contributed by atoms with Crippen LogP contribution in [0.2, 0.25) is 0 Å². The van der Waals surface area contributed by atoms with Crippen LogP contribution < -0.4 is 10.2 Å². The summed E-state index contributed by atoms with van der Waals surface area (Å²) in [6.45, 7) is 0. The van der Waals surface area contributed by atoms with E-state index in [4.69, 9.17) is 4.52 Å². The SMILES string of the molecule is CN(C)c1cccc2onc(NC(=O)C(F)(F)C(F)(F)C(F)(F)F)c12. The Labute approximate surface area is 135 Å². The van der Waals surface area contributed by atoms with Crippen LogP contribution in [0.15, 0.2) is 22.7 Å². The van der Waals surface area contributed by atoms with Gasteiger partial charge in [-0.1, -0.05) is 11.2 Å². The average molecular weight is 373 g/mol. The summed E-state index contributed by atoms with van der Waals surface area (Å²) < 4.78 is 93.8. The monoisotopic (exact) mass is 373 g/mol.